The van der Waals surface area contributed by atoms with Crippen molar-refractivity contribution in [2.75, 3.05) is 26.2 Å². The fourth-order valence-corrected chi connectivity index (χ4v) is 2.16. The average molecular weight is 235 g/mol. The van der Waals surface area contributed by atoms with Crippen LogP contribution in [0.1, 0.15) is 25.7 Å². The Morgan fingerprint density at radius 2 is 2.19 bits per heavy atom. The zero-order chi connectivity index (χ0) is 12.0. The summed E-state index contributed by atoms with van der Waals surface area (Å²) in [5.41, 5.74) is 0. The summed E-state index contributed by atoms with van der Waals surface area (Å²) in [5.74, 6) is 0.319. The van der Waals surface area contributed by atoms with Gasteiger partial charge in [0.25, 0.3) is 6.43 Å². The lowest BCUT2D eigenvalue weighted by molar-refractivity contribution is -0.120. The highest BCUT2D eigenvalue weighted by Gasteiger charge is 2.24. The van der Waals surface area contributed by atoms with Crippen molar-refractivity contribution >= 4 is 5.78 Å². The molecular formula is C11H19F2NO2. The van der Waals surface area contributed by atoms with Gasteiger partial charge in [-0.25, -0.2) is 8.78 Å². The number of ketones is 1. The summed E-state index contributed by atoms with van der Waals surface area (Å²) in [5, 5.41) is 8.74. The number of Topliss-reactive ketones (excluding diaryl/α,β-unsaturated/α-hetero) is 1. The van der Waals surface area contributed by atoms with E-state index >= 15 is 0 Å². The van der Waals surface area contributed by atoms with Crippen LogP contribution in [0.15, 0.2) is 0 Å². The third-order valence-corrected chi connectivity index (χ3v) is 3.04. The molecule has 0 aromatic rings. The molecule has 1 rings (SSSR count). The molecule has 0 saturated heterocycles. The number of alkyl halides is 2. The first kappa shape index (κ1) is 13.5. The molecule has 0 bridgehead atoms. The maximum atomic E-state index is 12.2. The molecule has 3 nitrogen and oxygen atoms in total. The SMILES string of the molecule is O=C1CCCC1CCN(CCO)CC(F)F. The van der Waals surface area contributed by atoms with Crippen LogP contribution >= 0.6 is 0 Å². The third-order valence-electron chi connectivity index (χ3n) is 3.04. The van der Waals surface area contributed by atoms with Gasteiger partial charge in [0.2, 0.25) is 0 Å². The van der Waals surface area contributed by atoms with Crippen LogP contribution in [0.5, 0.6) is 0 Å². The average Bonchev–Trinajstić information content (AvgIpc) is 2.60. The predicted molar refractivity (Wildman–Crippen MR) is 56.5 cm³/mol. The Bertz CT molecular complexity index is 224. The highest BCUT2D eigenvalue weighted by Crippen LogP contribution is 2.24. The van der Waals surface area contributed by atoms with Crippen molar-refractivity contribution in [3.05, 3.63) is 0 Å². The minimum Gasteiger partial charge on any atom is -0.395 e. The molecule has 0 heterocycles. The van der Waals surface area contributed by atoms with E-state index in [2.05, 4.69) is 0 Å². The van der Waals surface area contributed by atoms with Crippen molar-refractivity contribution in [1.82, 2.24) is 4.90 Å². The van der Waals surface area contributed by atoms with Crippen LogP contribution in [-0.4, -0.2) is 48.5 Å². The second-order valence-corrected chi connectivity index (χ2v) is 4.26. The molecule has 1 aliphatic carbocycles. The van der Waals surface area contributed by atoms with Gasteiger partial charge in [0.1, 0.15) is 5.78 Å². The first-order chi connectivity index (χ1) is 7.63. The van der Waals surface area contributed by atoms with Crippen LogP contribution < -0.4 is 0 Å². The van der Waals surface area contributed by atoms with Gasteiger partial charge in [0.15, 0.2) is 0 Å². The van der Waals surface area contributed by atoms with Crippen molar-refractivity contribution in [3.63, 3.8) is 0 Å². The summed E-state index contributed by atoms with van der Waals surface area (Å²) in [6.45, 7) is 0.291. The minimum atomic E-state index is -2.38. The third kappa shape index (κ3) is 4.53. The molecule has 1 aliphatic rings. The van der Waals surface area contributed by atoms with Gasteiger partial charge >= 0.3 is 0 Å². The second-order valence-electron chi connectivity index (χ2n) is 4.26. The molecule has 16 heavy (non-hydrogen) atoms. The number of aliphatic hydroxyl groups is 1. The predicted octanol–water partition coefficient (Wildman–Crippen LogP) is 1.31. The van der Waals surface area contributed by atoms with Crippen LogP contribution in [0.2, 0.25) is 0 Å². The summed E-state index contributed by atoms with van der Waals surface area (Å²) in [7, 11) is 0. The van der Waals surface area contributed by atoms with Crippen LogP contribution in [-0.2, 0) is 4.79 Å². The molecule has 0 radical (unpaired) electrons. The fourth-order valence-electron chi connectivity index (χ4n) is 2.16. The Labute approximate surface area is 94.4 Å². The molecule has 94 valence electrons. The smallest absolute Gasteiger partial charge is 0.251 e. The number of hydrogen-bond acceptors (Lipinski definition) is 3. The van der Waals surface area contributed by atoms with E-state index in [1.807, 2.05) is 0 Å². The Hall–Kier alpha value is -0.550. The van der Waals surface area contributed by atoms with E-state index in [1.165, 1.54) is 4.90 Å². The quantitative estimate of drug-likeness (QED) is 0.723. The number of nitrogens with zero attached hydrogens (tertiary/aromatic N) is 1. The van der Waals surface area contributed by atoms with Gasteiger partial charge in [-0.1, -0.05) is 0 Å². The molecule has 0 aliphatic heterocycles. The molecule has 0 aromatic heterocycles. The van der Waals surface area contributed by atoms with E-state index in [4.69, 9.17) is 5.11 Å². The molecule has 1 unspecified atom stereocenters. The Kier molecular flexibility index (Phi) is 5.84. The van der Waals surface area contributed by atoms with Gasteiger partial charge in [0.05, 0.1) is 13.2 Å². The highest BCUT2D eigenvalue weighted by molar-refractivity contribution is 5.82. The summed E-state index contributed by atoms with van der Waals surface area (Å²) >= 11 is 0. The Morgan fingerprint density at radius 3 is 2.69 bits per heavy atom. The molecule has 1 saturated carbocycles. The van der Waals surface area contributed by atoms with E-state index < -0.39 is 6.43 Å². The minimum absolute atomic E-state index is 0.0545. The largest absolute Gasteiger partial charge is 0.395 e. The summed E-state index contributed by atoms with van der Waals surface area (Å²) in [4.78, 5) is 12.9. The normalized spacial score (nSPS) is 21.3. The van der Waals surface area contributed by atoms with E-state index in [-0.39, 0.29) is 31.4 Å². The number of hydrogen-bond donors (Lipinski definition) is 1. The zero-order valence-electron chi connectivity index (χ0n) is 9.37. The standard InChI is InChI=1S/C11H19F2NO2/c12-11(13)8-14(6-7-15)5-4-9-2-1-3-10(9)16/h9,11,15H,1-8H2. The molecule has 1 atom stereocenters. The number of rotatable bonds is 7. The first-order valence-corrected chi connectivity index (χ1v) is 5.77. The van der Waals surface area contributed by atoms with Crippen LogP contribution in [0.4, 0.5) is 8.78 Å². The van der Waals surface area contributed by atoms with Crippen LogP contribution in [0.3, 0.4) is 0 Å². The molecule has 1 fully saturated rings. The number of halogens is 2. The van der Waals surface area contributed by atoms with Gasteiger partial charge in [-0.2, -0.15) is 0 Å². The van der Waals surface area contributed by atoms with E-state index in [0.29, 0.717) is 19.4 Å². The molecule has 0 aromatic carbocycles. The van der Waals surface area contributed by atoms with Gasteiger partial charge in [-0.3, -0.25) is 9.69 Å². The van der Waals surface area contributed by atoms with Gasteiger partial charge in [-0.05, 0) is 25.8 Å². The van der Waals surface area contributed by atoms with E-state index in [1.54, 1.807) is 0 Å². The maximum Gasteiger partial charge on any atom is 0.251 e. The fraction of sp³-hybridized carbons (Fsp3) is 0.909. The molecular weight excluding hydrogens is 216 g/mol. The van der Waals surface area contributed by atoms with Crippen LogP contribution in [0.25, 0.3) is 0 Å². The Balaban J connectivity index is 2.28. The van der Waals surface area contributed by atoms with Crippen molar-refractivity contribution in [3.8, 4) is 0 Å². The van der Waals surface area contributed by atoms with Gasteiger partial charge in [-0.15, -0.1) is 0 Å². The zero-order valence-corrected chi connectivity index (χ0v) is 9.37. The number of aliphatic hydroxyl groups excluding tert-OH is 1. The lowest BCUT2D eigenvalue weighted by Crippen LogP contribution is -2.33. The highest BCUT2D eigenvalue weighted by atomic mass is 19.3. The topological polar surface area (TPSA) is 40.5 Å². The van der Waals surface area contributed by atoms with Crippen molar-refractivity contribution in [2.24, 2.45) is 5.92 Å². The van der Waals surface area contributed by atoms with E-state index in [0.717, 1.165) is 12.8 Å². The van der Waals surface area contributed by atoms with Gasteiger partial charge in [0, 0.05) is 18.9 Å². The Morgan fingerprint density at radius 1 is 1.44 bits per heavy atom. The summed E-state index contributed by atoms with van der Waals surface area (Å²) in [6.07, 6.45) is 0.718. The lowest BCUT2D eigenvalue weighted by Gasteiger charge is -2.21. The number of carbonyl (C=O) groups is 1. The van der Waals surface area contributed by atoms with Crippen molar-refractivity contribution < 1.29 is 18.7 Å². The summed E-state index contributed by atoms with van der Waals surface area (Å²) < 4.78 is 24.4. The first-order valence-electron chi connectivity index (χ1n) is 5.77. The molecule has 5 heteroatoms. The van der Waals surface area contributed by atoms with Crippen LogP contribution in [0, 0.1) is 5.92 Å². The van der Waals surface area contributed by atoms with Gasteiger partial charge < -0.3 is 5.11 Å². The molecule has 1 N–H and O–H groups in total. The number of carbonyl (C=O) groups excluding carboxylic acids is 1. The second kappa shape index (κ2) is 6.91. The summed E-state index contributed by atoms with van der Waals surface area (Å²) in [6, 6.07) is 0. The molecule has 0 spiro atoms. The lowest BCUT2D eigenvalue weighted by atomic mass is 10.0. The van der Waals surface area contributed by atoms with E-state index in [9.17, 15) is 13.6 Å². The monoisotopic (exact) mass is 235 g/mol. The van der Waals surface area contributed by atoms with Crippen molar-refractivity contribution in [2.45, 2.75) is 32.1 Å². The maximum absolute atomic E-state index is 12.2. The van der Waals surface area contributed by atoms with Crippen molar-refractivity contribution in [1.29, 1.82) is 0 Å². The molecule has 0 amide bonds.